The zero-order valence-corrected chi connectivity index (χ0v) is 16.8. The van der Waals surface area contributed by atoms with Crippen LogP contribution in [-0.2, 0) is 17.9 Å². The highest BCUT2D eigenvalue weighted by Crippen LogP contribution is 2.32. The molecule has 2 aromatic rings. The third-order valence-electron chi connectivity index (χ3n) is 5.83. The average Bonchev–Trinajstić information content (AvgIpc) is 2.84. The van der Waals surface area contributed by atoms with Gasteiger partial charge in [-0.25, -0.2) is 9.97 Å². The minimum atomic E-state index is 0.0566. The topological polar surface area (TPSA) is 87.4 Å². The van der Waals surface area contributed by atoms with Gasteiger partial charge in [0.05, 0.1) is 18.2 Å². The van der Waals surface area contributed by atoms with Gasteiger partial charge >= 0.3 is 0 Å². The van der Waals surface area contributed by atoms with Crippen molar-refractivity contribution in [3.63, 3.8) is 0 Å². The molecule has 0 aromatic carbocycles. The van der Waals surface area contributed by atoms with Gasteiger partial charge in [-0.05, 0) is 33.6 Å². The Morgan fingerprint density at radius 1 is 1.18 bits per heavy atom. The fourth-order valence-corrected chi connectivity index (χ4v) is 4.31. The van der Waals surface area contributed by atoms with Crippen LogP contribution in [0.1, 0.15) is 42.3 Å². The van der Waals surface area contributed by atoms with Crippen LogP contribution < -0.4 is 5.32 Å². The van der Waals surface area contributed by atoms with E-state index in [1.54, 1.807) is 0 Å². The summed E-state index contributed by atoms with van der Waals surface area (Å²) in [7, 11) is 0. The van der Waals surface area contributed by atoms with Crippen molar-refractivity contribution in [2.24, 2.45) is 5.92 Å². The SMILES string of the molecule is CCNc1ncc(CN2C[C@H]3CC[C@@H](C2)N(Cc2c(C)noc2C)C3=O)cn1. The number of nitrogens with one attached hydrogen (secondary N) is 1. The number of nitrogens with zero attached hydrogens (tertiary/aromatic N) is 5. The van der Waals surface area contributed by atoms with Crippen molar-refractivity contribution in [2.75, 3.05) is 25.0 Å². The quantitative estimate of drug-likeness (QED) is 0.816. The summed E-state index contributed by atoms with van der Waals surface area (Å²) in [5, 5.41) is 7.15. The summed E-state index contributed by atoms with van der Waals surface area (Å²) in [6.07, 6.45) is 5.77. The number of piperidine rings is 1. The smallest absolute Gasteiger partial charge is 0.227 e. The van der Waals surface area contributed by atoms with E-state index in [1.807, 2.05) is 38.1 Å². The van der Waals surface area contributed by atoms with Gasteiger partial charge in [-0.1, -0.05) is 5.16 Å². The summed E-state index contributed by atoms with van der Waals surface area (Å²) in [5.41, 5.74) is 2.99. The lowest BCUT2D eigenvalue weighted by molar-refractivity contribution is -0.140. The molecule has 1 N–H and O–H groups in total. The second-order valence-electron chi connectivity index (χ2n) is 7.84. The molecule has 1 amide bonds. The maximum Gasteiger partial charge on any atom is 0.227 e. The standard InChI is InChI=1S/C20H28N6O2/c1-4-21-20-22-7-15(8-23-20)9-25-10-16-5-6-17(11-25)26(19(16)27)12-18-13(2)24-28-14(18)3/h7-8,16-17H,4-6,9-12H2,1-3H3,(H,21,22,23)/t16-,17+/m1/s1. The molecule has 8 heteroatoms. The highest BCUT2D eigenvalue weighted by atomic mass is 16.5. The van der Waals surface area contributed by atoms with Crippen LogP contribution in [0.2, 0.25) is 0 Å². The molecule has 0 spiro atoms. The lowest BCUT2D eigenvalue weighted by Gasteiger charge is -2.36. The Balaban J connectivity index is 1.47. The summed E-state index contributed by atoms with van der Waals surface area (Å²) in [6.45, 7) is 9.72. The second-order valence-corrected chi connectivity index (χ2v) is 7.84. The Hall–Kier alpha value is -2.48. The number of hydrogen-bond donors (Lipinski definition) is 1. The van der Waals surface area contributed by atoms with Gasteiger partial charge in [0.1, 0.15) is 5.76 Å². The molecule has 5 heterocycles. The van der Waals surface area contributed by atoms with Crippen LogP contribution in [0.15, 0.2) is 16.9 Å². The minimum absolute atomic E-state index is 0.0566. The van der Waals surface area contributed by atoms with Gasteiger partial charge in [0, 0.05) is 55.7 Å². The van der Waals surface area contributed by atoms with Crippen molar-refractivity contribution in [3.05, 3.63) is 35.0 Å². The molecule has 28 heavy (non-hydrogen) atoms. The van der Waals surface area contributed by atoms with Crippen molar-refractivity contribution < 1.29 is 9.32 Å². The second kappa shape index (κ2) is 7.87. The highest BCUT2D eigenvalue weighted by Gasteiger charge is 2.41. The van der Waals surface area contributed by atoms with Gasteiger partial charge in [0.25, 0.3) is 0 Å². The van der Waals surface area contributed by atoms with Crippen molar-refractivity contribution in [1.82, 2.24) is 24.9 Å². The van der Waals surface area contributed by atoms with Crippen molar-refractivity contribution in [1.29, 1.82) is 0 Å². The van der Waals surface area contributed by atoms with E-state index in [0.717, 1.165) is 61.6 Å². The number of carbonyl (C=O) groups is 1. The Kier molecular flexibility index (Phi) is 5.30. The average molecular weight is 384 g/mol. The zero-order valence-electron chi connectivity index (χ0n) is 16.8. The fourth-order valence-electron chi connectivity index (χ4n) is 4.31. The first-order chi connectivity index (χ1) is 13.5. The number of aromatic nitrogens is 3. The number of amides is 1. The molecule has 2 atom stereocenters. The van der Waals surface area contributed by atoms with Crippen LogP contribution in [0.3, 0.4) is 0 Å². The summed E-state index contributed by atoms with van der Waals surface area (Å²) in [6, 6.07) is 0.224. The van der Waals surface area contributed by atoms with Crippen LogP contribution in [0.4, 0.5) is 5.95 Å². The van der Waals surface area contributed by atoms with E-state index in [0.29, 0.717) is 12.5 Å². The number of hydrogen-bond acceptors (Lipinski definition) is 7. The number of carbonyl (C=O) groups excluding carboxylic acids is 1. The number of rotatable bonds is 6. The van der Waals surface area contributed by atoms with Crippen molar-refractivity contribution >= 4 is 11.9 Å². The van der Waals surface area contributed by atoms with Crippen molar-refractivity contribution in [3.8, 4) is 0 Å². The van der Waals surface area contributed by atoms with Gasteiger partial charge in [-0.15, -0.1) is 0 Å². The Morgan fingerprint density at radius 2 is 1.96 bits per heavy atom. The van der Waals surface area contributed by atoms with Crippen LogP contribution >= 0.6 is 0 Å². The first-order valence-electron chi connectivity index (χ1n) is 10.0. The normalized spacial score (nSPS) is 22.5. The minimum Gasteiger partial charge on any atom is -0.361 e. The molecule has 0 saturated carbocycles. The maximum atomic E-state index is 13.1. The van der Waals surface area contributed by atoms with E-state index in [4.69, 9.17) is 4.52 Å². The Bertz CT molecular complexity index is 814. The highest BCUT2D eigenvalue weighted by molar-refractivity contribution is 5.80. The van der Waals surface area contributed by atoms with E-state index in [-0.39, 0.29) is 17.9 Å². The third kappa shape index (κ3) is 3.73. The van der Waals surface area contributed by atoms with Gasteiger partial charge in [0.2, 0.25) is 11.9 Å². The van der Waals surface area contributed by atoms with Crippen LogP contribution in [0.5, 0.6) is 0 Å². The predicted octanol–water partition coefficient (Wildman–Crippen LogP) is 2.14. The summed E-state index contributed by atoms with van der Waals surface area (Å²) >= 11 is 0. The molecule has 3 fully saturated rings. The van der Waals surface area contributed by atoms with Crippen LogP contribution in [-0.4, -0.2) is 56.5 Å². The summed E-state index contributed by atoms with van der Waals surface area (Å²) in [4.78, 5) is 26.2. The molecular weight excluding hydrogens is 356 g/mol. The zero-order chi connectivity index (χ0) is 19.7. The number of fused-ring (bicyclic) bond motifs is 4. The molecular formula is C20H28N6O2. The molecule has 3 saturated heterocycles. The first kappa shape index (κ1) is 18.9. The molecule has 2 aromatic heterocycles. The van der Waals surface area contributed by atoms with Gasteiger partial charge < -0.3 is 14.7 Å². The molecule has 3 aliphatic heterocycles. The van der Waals surface area contributed by atoms with E-state index in [1.165, 1.54) is 0 Å². The van der Waals surface area contributed by atoms with E-state index in [2.05, 4.69) is 25.3 Å². The van der Waals surface area contributed by atoms with Gasteiger partial charge in [-0.2, -0.15) is 0 Å². The lowest BCUT2D eigenvalue weighted by Crippen LogP contribution is -2.47. The Labute approximate surface area is 165 Å². The van der Waals surface area contributed by atoms with E-state index < -0.39 is 0 Å². The number of anilines is 1. The van der Waals surface area contributed by atoms with E-state index >= 15 is 0 Å². The van der Waals surface area contributed by atoms with Crippen molar-refractivity contribution in [2.45, 2.75) is 52.7 Å². The molecule has 5 rings (SSSR count). The van der Waals surface area contributed by atoms with Gasteiger partial charge in [-0.3, -0.25) is 9.69 Å². The predicted molar refractivity (Wildman–Crippen MR) is 105 cm³/mol. The molecule has 0 radical (unpaired) electrons. The molecule has 0 aliphatic carbocycles. The molecule has 150 valence electrons. The van der Waals surface area contributed by atoms with E-state index in [9.17, 15) is 4.79 Å². The third-order valence-corrected chi connectivity index (χ3v) is 5.83. The van der Waals surface area contributed by atoms with Gasteiger partial charge in [0.15, 0.2) is 0 Å². The summed E-state index contributed by atoms with van der Waals surface area (Å²) < 4.78 is 5.29. The lowest BCUT2D eigenvalue weighted by atomic mass is 9.93. The Morgan fingerprint density at radius 3 is 2.64 bits per heavy atom. The molecule has 8 nitrogen and oxygen atoms in total. The fraction of sp³-hybridized carbons (Fsp3) is 0.600. The molecule has 3 aliphatic rings. The maximum absolute atomic E-state index is 13.1. The molecule has 0 unspecified atom stereocenters. The summed E-state index contributed by atoms with van der Waals surface area (Å²) in [5.74, 6) is 1.78. The van der Waals surface area contributed by atoms with Crippen LogP contribution in [0.25, 0.3) is 0 Å². The largest absolute Gasteiger partial charge is 0.361 e. The molecule has 2 bridgehead atoms. The monoisotopic (exact) mass is 384 g/mol. The number of aryl methyl sites for hydroxylation is 2. The first-order valence-corrected chi connectivity index (χ1v) is 10.0. The van der Waals surface area contributed by atoms with Crippen LogP contribution in [0, 0.1) is 19.8 Å².